The van der Waals surface area contributed by atoms with Gasteiger partial charge in [-0.2, -0.15) is 13.2 Å². The second kappa shape index (κ2) is 6.01. The summed E-state index contributed by atoms with van der Waals surface area (Å²) in [5, 5.41) is 9.16. The average Bonchev–Trinajstić information content (AvgIpc) is 2.53. The zero-order valence-electron chi connectivity index (χ0n) is 12.1. The molecule has 0 fully saturated rings. The van der Waals surface area contributed by atoms with Gasteiger partial charge < -0.3 is 14.3 Å². The molecular formula is C17H11F3O4. The SMILES string of the molecule is O=c1oc2cc(OCO)ccc2cc1-c1ccccc1C(F)(F)F. The summed E-state index contributed by atoms with van der Waals surface area (Å²) in [7, 11) is 0. The molecule has 0 aliphatic rings. The van der Waals surface area contributed by atoms with Gasteiger partial charge in [0.1, 0.15) is 11.3 Å². The maximum absolute atomic E-state index is 13.1. The van der Waals surface area contributed by atoms with E-state index in [0.717, 1.165) is 6.07 Å². The Morgan fingerprint density at radius 2 is 1.79 bits per heavy atom. The molecule has 1 aromatic heterocycles. The van der Waals surface area contributed by atoms with Gasteiger partial charge in [0.2, 0.25) is 0 Å². The largest absolute Gasteiger partial charge is 0.468 e. The molecule has 0 amide bonds. The molecule has 124 valence electrons. The van der Waals surface area contributed by atoms with E-state index in [1.54, 1.807) is 0 Å². The van der Waals surface area contributed by atoms with Gasteiger partial charge in [-0.1, -0.05) is 18.2 Å². The molecule has 0 spiro atoms. The Hall–Kier alpha value is -2.80. The van der Waals surface area contributed by atoms with Crippen LogP contribution in [-0.2, 0) is 6.18 Å². The first-order valence-electron chi connectivity index (χ1n) is 6.88. The van der Waals surface area contributed by atoms with Crippen molar-refractivity contribution < 1.29 is 27.4 Å². The zero-order valence-corrected chi connectivity index (χ0v) is 12.1. The van der Waals surface area contributed by atoms with Crippen LogP contribution in [0.2, 0.25) is 0 Å². The van der Waals surface area contributed by atoms with E-state index in [2.05, 4.69) is 0 Å². The number of halogens is 3. The summed E-state index contributed by atoms with van der Waals surface area (Å²) in [6.07, 6.45) is -4.59. The summed E-state index contributed by atoms with van der Waals surface area (Å²) in [6, 6.07) is 10.6. The van der Waals surface area contributed by atoms with Gasteiger partial charge in [-0.05, 0) is 24.3 Å². The van der Waals surface area contributed by atoms with E-state index in [4.69, 9.17) is 14.3 Å². The van der Waals surface area contributed by atoms with Gasteiger partial charge in [0.05, 0.1) is 11.1 Å². The molecule has 24 heavy (non-hydrogen) atoms. The highest BCUT2D eigenvalue weighted by Crippen LogP contribution is 2.36. The van der Waals surface area contributed by atoms with Gasteiger partial charge in [0.15, 0.2) is 6.79 Å². The Bertz CT molecular complexity index is 944. The molecular weight excluding hydrogens is 325 g/mol. The van der Waals surface area contributed by atoms with Crippen molar-refractivity contribution >= 4 is 11.0 Å². The third-order valence-corrected chi connectivity index (χ3v) is 3.46. The number of hydrogen-bond acceptors (Lipinski definition) is 4. The first-order valence-corrected chi connectivity index (χ1v) is 6.88. The molecule has 0 saturated heterocycles. The van der Waals surface area contributed by atoms with Crippen molar-refractivity contribution in [2.45, 2.75) is 6.18 Å². The monoisotopic (exact) mass is 336 g/mol. The van der Waals surface area contributed by atoms with Crippen LogP contribution in [0, 0.1) is 0 Å². The van der Waals surface area contributed by atoms with Crippen molar-refractivity contribution in [1.29, 1.82) is 0 Å². The highest BCUT2D eigenvalue weighted by atomic mass is 19.4. The number of fused-ring (bicyclic) bond motifs is 1. The lowest BCUT2D eigenvalue weighted by Gasteiger charge is -2.12. The minimum Gasteiger partial charge on any atom is -0.468 e. The van der Waals surface area contributed by atoms with Gasteiger partial charge in [-0.25, -0.2) is 4.79 Å². The van der Waals surface area contributed by atoms with E-state index in [1.165, 1.54) is 42.5 Å². The van der Waals surface area contributed by atoms with Crippen molar-refractivity contribution in [1.82, 2.24) is 0 Å². The Morgan fingerprint density at radius 1 is 1.04 bits per heavy atom. The Morgan fingerprint density at radius 3 is 2.50 bits per heavy atom. The van der Waals surface area contributed by atoms with Gasteiger partial charge in [0, 0.05) is 17.0 Å². The minimum absolute atomic E-state index is 0.152. The van der Waals surface area contributed by atoms with Crippen LogP contribution in [0.4, 0.5) is 13.2 Å². The molecule has 3 aromatic rings. The fourth-order valence-electron chi connectivity index (χ4n) is 2.41. The number of aliphatic hydroxyl groups excluding tert-OH is 1. The fraction of sp³-hybridized carbons (Fsp3) is 0.118. The quantitative estimate of drug-likeness (QED) is 0.584. The second-order valence-corrected chi connectivity index (χ2v) is 4.96. The van der Waals surface area contributed by atoms with Crippen LogP contribution < -0.4 is 10.4 Å². The molecule has 2 aromatic carbocycles. The van der Waals surface area contributed by atoms with Gasteiger partial charge >= 0.3 is 11.8 Å². The van der Waals surface area contributed by atoms with Crippen LogP contribution in [0.25, 0.3) is 22.1 Å². The first kappa shape index (κ1) is 16.1. The van der Waals surface area contributed by atoms with Crippen molar-refractivity contribution in [3.8, 4) is 16.9 Å². The topological polar surface area (TPSA) is 59.7 Å². The van der Waals surface area contributed by atoms with Gasteiger partial charge in [-0.3, -0.25) is 0 Å². The summed E-state index contributed by atoms with van der Waals surface area (Å²) < 4.78 is 49.4. The van der Waals surface area contributed by atoms with Crippen LogP contribution in [0.3, 0.4) is 0 Å². The van der Waals surface area contributed by atoms with Crippen LogP contribution in [0.15, 0.2) is 57.7 Å². The van der Waals surface area contributed by atoms with Crippen molar-refractivity contribution in [3.05, 3.63) is 64.5 Å². The molecule has 4 nitrogen and oxygen atoms in total. The number of ether oxygens (including phenoxy) is 1. The smallest absolute Gasteiger partial charge is 0.417 e. The molecule has 0 bridgehead atoms. The third-order valence-electron chi connectivity index (χ3n) is 3.46. The first-order chi connectivity index (χ1) is 11.4. The van der Waals surface area contributed by atoms with E-state index in [0.29, 0.717) is 5.39 Å². The molecule has 7 heteroatoms. The van der Waals surface area contributed by atoms with E-state index in [1.807, 2.05) is 0 Å². The molecule has 0 aliphatic carbocycles. The van der Waals surface area contributed by atoms with E-state index < -0.39 is 24.2 Å². The molecule has 0 saturated carbocycles. The second-order valence-electron chi connectivity index (χ2n) is 4.96. The molecule has 0 radical (unpaired) electrons. The normalized spacial score (nSPS) is 11.7. The van der Waals surface area contributed by atoms with E-state index >= 15 is 0 Å². The molecule has 0 aliphatic heterocycles. The van der Waals surface area contributed by atoms with Gasteiger partial charge in [-0.15, -0.1) is 0 Å². The standard InChI is InChI=1S/C17H11F3O4/c18-17(19,20)14-4-2-1-3-12(14)13-7-10-5-6-11(23-9-21)8-15(10)24-16(13)22/h1-8,21H,9H2. The maximum atomic E-state index is 13.1. The van der Waals surface area contributed by atoms with E-state index in [9.17, 15) is 18.0 Å². The Labute approximate surface area is 133 Å². The summed E-state index contributed by atoms with van der Waals surface area (Å²) >= 11 is 0. The Balaban J connectivity index is 2.20. The number of rotatable bonds is 3. The number of alkyl halides is 3. The van der Waals surface area contributed by atoms with Crippen LogP contribution in [0.5, 0.6) is 5.75 Å². The molecule has 1 heterocycles. The lowest BCUT2D eigenvalue weighted by Crippen LogP contribution is -2.11. The predicted octanol–water partition coefficient (Wildman–Crippen LogP) is 3.81. The van der Waals surface area contributed by atoms with Gasteiger partial charge in [0.25, 0.3) is 0 Å². The van der Waals surface area contributed by atoms with Crippen molar-refractivity contribution in [2.24, 2.45) is 0 Å². The zero-order chi connectivity index (χ0) is 17.3. The van der Waals surface area contributed by atoms with Crippen LogP contribution >= 0.6 is 0 Å². The third kappa shape index (κ3) is 2.98. The number of benzene rings is 2. The van der Waals surface area contributed by atoms with E-state index in [-0.39, 0.29) is 22.5 Å². The summed E-state index contributed by atoms with van der Waals surface area (Å²) in [5.41, 5.74) is -2.06. The van der Waals surface area contributed by atoms with Crippen LogP contribution in [-0.4, -0.2) is 11.9 Å². The lowest BCUT2D eigenvalue weighted by atomic mass is 10.00. The highest BCUT2D eigenvalue weighted by Gasteiger charge is 2.34. The molecule has 0 atom stereocenters. The molecule has 1 N–H and O–H groups in total. The molecule has 3 rings (SSSR count). The fourth-order valence-corrected chi connectivity index (χ4v) is 2.41. The highest BCUT2D eigenvalue weighted by molar-refractivity contribution is 5.83. The average molecular weight is 336 g/mol. The number of aliphatic hydroxyl groups is 1. The lowest BCUT2D eigenvalue weighted by molar-refractivity contribution is -0.137. The number of hydrogen-bond donors (Lipinski definition) is 1. The van der Waals surface area contributed by atoms with Crippen LogP contribution in [0.1, 0.15) is 5.56 Å². The maximum Gasteiger partial charge on any atom is 0.417 e. The summed E-state index contributed by atoms with van der Waals surface area (Å²) in [6.45, 7) is -0.549. The summed E-state index contributed by atoms with van der Waals surface area (Å²) in [5.74, 6) is 0.275. The predicted molar refractivity (Wildman–Crippen MR) is 80.6 cm³/mol. The molecule has 0 unspecified atom stereocenters. The Kier molecular flexibility index (Phi) is 4.02. The minimum atomic E-state index is -4.59. The summed E-state index contributed by atoms with van der Waals surface area (Å²) in [4.78, 5) is 12.2. The van der Waals surface area contributed by atoms with Crippen molar-refractivity contribution in [2.75, 3.05) is 6.79 Å². The van der Waals surface area contributed by atoms with Crippen molar-refractivity contribution in [3.63, 3.8) is 0 Å².